The first-order valence-corrected chi connectivity index (χ1v) is 5.93. The highest BCUT2D eigenvalue weighted by atomic mass is 127. The zero-order valence-electron chi connectivity index (χ0n) is 8.91. The van der Waals surface area contributed by atoms with Gasteiger partial charge >= 0.3 is 0 Å². The monoisotopic (exact) mass is 334 g/mol. The Labute approximate surface area is 106 Å². The molecule has 0 saturated carbocycles. The minimum absolute atomic E-state index is 0.0910. The Kier molecular flexibility index (Phi) is 2.37. The van der Waals surface area contributed by atoms with Crippen LogP contribution in [-0.2, 0) is 4.79 Å². The molecule has 6 heteroatoms. The third-order valence-corrected chi connectivity index (χ3v) is 5.41. The van der Waals surface area contributed by atoms with E-state index in [0.29, 0.717) is 0 Å². The number of nitro groups is 1. The van der Waals surface area contributed by atoms with Crippen LogP contribution in [0.1, 0.15) is 20.3 Å². The van der Waals surface area contributed by atoms with E-state index in [4.69, 9.17) is 0 Å². The first-order valence-electron chi connectivity index (χ1n) is 4.85. The van der Waals surface area contributed by atoms with Gasteiger partial charge < -0.3 is 5.32 Å². The van der Waals surface area contributed by atoms with Crippen LogP contribution in [0.4, 0.5) is 0 Å². The molecule has 1 aliphatic carbocycles. The first-order chi connectivity index (χ1) is 7.29. The molecule has 1 heterocycles. The van der Waals surface area contributed by atoms with Crippen molar-refractivity contribution < 1.29 is 9.72 Å². The number of alkyl halides is 1. The van der Waals surface area contributed by atoms with E-state index in [1.54, 1.807) is 26.0 Å². The van der Waals surface area contributed by atoms with Crippen molar-refractivity contribution in [2.24, 2.45) is 5.41 Å². The minimum Gasteiger partial charge on any atom is -0.326 e. The highest BCUT2D eigenvalue weighted by molar-refractivity contribution is 14.1. The summed E-state index contributed by atoms with van der Waals surface area (Å²) in [5.74, 6) is -0.0910. The van der Waals surface area contributed by atoms with Crippen LogP contribution >= 0.6 is 22.6 Å². The Morgan fingerprint density at radius 2 is 2.19 bits per heavy atom. The molecule has 0 aromatic heterocycles. The molecule has 16 heavy (non-hydrogen) atoms. The number of halogens is 1. The van der Waals surface area contributed by atoms with Gasteiger partial charge in [0, 0.05) is 39.3 Å². The molecule has 0 saturated heterocycles. The maximum atomic E-state index is 11.3. The van der Waals surface area contributed by atoms with Gasteiger partial charge in [0.05, 0.1) is 11.8 Å². The van der Waals surface area contributed by atoms with E-state index >= 15 is 0 Å². The average molecular weight is 334 g/mol. The minimum atomic E-state index is -1.18. The number of allylic oxidation sites excluding steroid dienone is 1. The van der Waals surface area contributed by atoms with E-state index < -0.39 is 8.96 Å². The summed E-state index contributed by atoms with van der Waals surface area (Å²) in [5.41, 5.74) is 0.885. The molecule has 0 bridgehead atoms. The van der Waals surface area contributed by atoms with Crippen molar-refractivity contribution >= 4 is 28.5 Å². The Morgan fingerprint density at radius 3 is 2.75 bits per heavy atom. The summed E-state index contributed by atoms with van der Waals surface area (Å²) in [6.45, 7) is 3.61. The smallest absolute Gasteiger partial charge is 0.296 e. The summed E-state index contributed by atoms with van der Waals surface area (Å²) in [7, 11) is 0. The molecule has 5 nitrogen and oxygen atoms in total. The van der Waals surface area contributed by atoms with Crippen LogP contribution < -0.4 is 5.32 Å². The van der Waals surface area contributed by atoms with Gasteiger partial charge in [0.2, 0.25) is 5.91 Å². The van der Waals surface area contributed by atoms with E-state index in [-0.39, 0.29) is 17.3 Å². The summed E-state index contributed by atoms with van der Waals surface area (Å²) in [6.07, 6.45) is 3.45. The number of carbonyl (C=O) groups is 1. The Balaban J connectivity index is 2.52. The van der Waals surface area contributed by atoms with Crippen molar-refractivity contribution in [2.45, 2.75) is 23.8 Å². The molecule has 1 N–H and O–H groups in total. The Morgan fingerprint density at radius 1 is 1.56 bits per heavy atom. The average Bonchev–Trinajstić information content (AvgIpc) is 2.54. The topological polar surface area (TPSA) is 72.2 Å². The second-order valence-corrected chi connectivity index (χ2v) is 6.15. The molecule has 0 fully saturated rings. The van der Waals surface area contributed by atoms with E-state index in [2.05, 4.69) is 5.32 Å². The predicted molar refractivity (Wildman–Crippen MR) is 66.5 cm³/mol. The number of nitrogens with zero attached hydrogens (tertiary/aromatic N) is 1. The molecule has 0 radical (unpaired) electrons. The third-order valence-electron chi connectivity index (χ3n) is 3.30. The van der Waals surface area contributed by atoms with Crippen molar-refractivity contribution in [3.8, 4) is 0 Å². The van der Waals surface area contributed by atoms with Crippen molar-refractivity contribution in [2.75, 3.05) is 0 Å². The number of hydrogen-bond acceptors (Lipinski definition) is 3. The highest BCUT2D eigenvalue weighted by Gasteiger charge is 2.57. The fourth-order valence-electron chi connectivity index (χ4n) is 2.13. The SMILES string of the molecule is CC1(C)C2=C(C=CC1(I)[N+](=O)[O-])NC(=O)C2. The molecule has 1 aliphatic heterocycles. The Hall–Kier alpha value is -0.920. The fourth-order valence-corrected chi connectivity index (χ4v) is 2.63. The summed E-state index contributed by atoms with van der Waals surface area (Å²) >= 11 is 1.85. The normalized spacial score (nSPS) is 31.3. The third kappa shape index (κ3) is 1.32. The van der Waals surface area contributed by atoms with E-state index in [1.807, 2.05) is 22.6 Å². The van der Waals surface area contributed by atoms with Gasteiger partial charge in [0.25, 0.3) is 3.55 Å². The maximum absolute atomic E-state index is 11.3. The van der Waals surface area contributed by atoms with E-state index in [0.717, 1.165) is 11.3 Å². The van der Waals surface area contributed by atoms with Gasteiger partial charge in [-0.1, -0.05) is 0 Å². The summed E-state index contributed by atoms with van der Waals surface area (Å²) in [4.78, 5) is 22.2. The van der Waals surface area contributed by atoms with Gasteiger partial charge in [-0.2, -0.15) is 0 Å². The molecule has 0 spiro atoms. The molecule has 86 valence electrons. The van der Waals surface area contributed by atoms with Gasteiger partial charge in [-0.05, 0) is 25.5 Å². The number of hydrogen-bond donors (Lipinski definition) is 1. The predicted octanol–water partition coefficient (Wildman–Crippen LogP) is 1.76. The summed E-state index contributed by atoms with van der Waals surface area (Å²) < 4.78 is -1.18. The quantitative estimate of drug-likeness (QED) is 0.261. The van der Waals surface area contributed by atoms with Crippen LogP contribution in [0.2, 0.25) is 0 Å². The van der Waals surface area contributed by atoms with Gasteiger partial charge in [-0.3, -0.25) is 14.9 Å². The van der Waals surface area contributed by atoms with Gasteiger partial charge in [-0.25, -0.2) is 0 Å². The Bertz CT molecular complexity index is 453. The number of nitrogens with one attached hydrogen (secondary N) is 1. The van der Waals surface area contributed by atoms with Crippen molar-refractivity contribution in [3.05, 3.63) is 33.5 Å². The number of carbonyl (C=O) groups excluding carboxylic acids is 1. The van der Waals surface area contributed by atoms with Crippen LogP contribution in [0.3, 0.4) is 0 Å². The molecule has 0 aromatic carbocycles. The molecule has 1 amide bonds. The molecule has 1 unspecified atom stereocenters. The molecular formula is C10H11IN2O3. The molecule has 0 aromatic rings. The van der Waals surface area contributed by atoms with Crippen LogP contribution in [0.15, 0.2) is 23.4 Å². The molecule has 1 atom stereocenters. The van der Waals surface area contributed by atoms with Gasteiger partial charge in [-0.15, -0.1) is 0 Å². The zero-order valence-corrected chi connectivity index (χ0v) is 11.1. The molecule has 2 rings (SSSR count). The first kappa shape index (κ1) is 11.6. The van der Waals surface area contributed by atoms with Crippen molar-refractivity contribution in [1.82, 2.24) is 5.32 Å². The lowest BCUT2D eigenvalue weighted by Crippen LogP contribution is -2.47. The van der Waals surface area contributed by atoms with Gasteiger partial charge in [0.1, 0.15) is 0 Å². The molecular weight excluding hydrogens is 323 g/mol. The lowest BCUT2D eigenvalue weighted by molar-refractivity contribution is -0.533. The van der Waals surface area contributed by atoms with Crippen molar-refractivity contribution in [3.63, 3.8) is 0 Å². The summed E-state index contributed by atoms with van der Waals surface area (Å²) in [6, 6.07) is 0. The van der Waals surface area contributed by atoms with Crippen LogP contribution in [0.5, 0.6) is 0 Å². The zero-order chi connectivity index (χ0) is 12.1. The van der Waals surface area contributed by atoms with Crippen LogP contribution in [0, 0.1) is 15.5 Å². The lowest BCUT2D eigenvalue weighted by atomic mass is 9.73. The van der Waals surface area contributed by atoms with E-state index in [9.17, 15) is 14.9 Å². The lowest BCUT2D eigenvalue weighted by Gasteiger charge is -2.36. The van der Waals surface area contributed by atoms with Crippen LogP contribution in [0.25, 0.3) is 0 Å². The van der Waals surface area contributed by atoms with Gasteiger partial charge in [0.15, 0.2) is 0 Å². The number of rotatable bonds is 1. The standard InChI is InChI=1S/C10H11IN2O3/c1-9(2)6-5-8(14)12-7(6)3-4-10(9,11)13(15)16/h3-4H,5H2,1-2H3,(H,12,14). The second kappa shape index (κ2) is 3.28. The molecule has 2 aliphatic rings. The van der Waals surface area contributed by atoms with E-state index in [1.165, 1.54) is 0 Å². The maximum Gasteiger partial charge on any atom is 0.296 e. The largest absolute Gasteiger partial charge is 0.326 e. The summed E-state index contributed by atoms with van der Waals surface area (Å²) in [5, 5.41) is 13.9. The fraction of sp³-hybridized carbons (Fsp3) is 0.500. The van der Waals surface area contributed by atoms with Crippen LogP contribution in [-0.4, -0.2) is 14.4 Å². The highest BCUT2D eigenvalue weighted by Crippen LogP contribution is 2.51. The number of amides is 1. The second-order valence-electron chi connectivity index (χ2n) is 4.51. The van der Waals surface area contributed by atoms with Crippen molar-refractivity contribution in [1.29, 1.82) is 0 Å².